The Hall–Kier alpha value is -1.98. The summed E-state index contributed by atoms with van der Waals surface area (Å²) in [7, 11) is 1.54. The Balaban J connectivity index is -0.000000306. The van der Waals surface area contributed by atoms with Gasteiger partial charge in [0.1, 0.15) is 19.5 Å². The van der Waals surface area contributed by atoms with Crippen LogP contribution in [0.4, 0.5) is 0 Å². The summed E-state index contributed by atoms with van der Waals surface area (Å²) in [6, 6.07) is 0. The highest BCUT2D eigenvalue weighted by molar-refractivity contribution is 5.58. The molecule has 26 heavy (non-hydrogen) atoms. The summed E-state index contributed by atoms with van der Waals surface area (Å²) in [6.07, 6.45) is 7.23. The summed E-state index contributed by atoms with van der Waals surface area (Å²) in [5, 5.41) is 7.21. The van der Waals surface area contributed by atoms with Crippen LogP contribution >= 0.6 is 0 Å². The fraction of sp³-hybridized carbons (Fsp3) is 0.700. The first kappa shape index (κ1) is 28.8. The maximum absolute atomic E-state index is 4.71. The quantitative estimate of drug-likeness (QED) is 0.492. The van der Waals surface area contributed by atoms with E-state index >= 15 is 0 Å². The predicted molar refractivity (Wildman–Crippen MR) is 113 cm³/mol. The van der Waals surface area contributed by atoms with Gasteiger partial charge >= 0.3 is 0 Å². The van der Waals surface area contributed by atoms with Gasteiger partial charge in [-0.15, -0.1) is 0 Å². The van der Waals surface area contributed by atoms with Crippen molar-refractivity contribution in [3.8, 4) is 0 Å². The molecule has 0 aromatic carbocycles. The smallest absolute Gasteiger partial charge is 0.130 e. The molecule has 0 saturated heterocycles. The van der Waals surface area contributed by atoms with Crippen molar-refractivity contribution in [2.24, 2.45) is 22.1 Å². The minimum atomic E-state index is 0. The lowest BCUT2D eigenvalue weighted by molar-refractivity contribution is 0.159. The standard InChI is InChI=1S/C8H12N2.C6H13NO.C5H11NO.CH4/c1-6(2)8-9-4-7(3)5-10-8;1-4-8-7-5-6(2)3;1-5(2)4-6-7-3;/h4-6H,1-3H3;5-6H,4H2,1-3H3;4-5H,1-3H3;1H4. The molecule has 152 valence electrons. The SMILES string of the molecule is C.CCON=CC(C)C.CON=CC(C)C.Cc1cnc(C(C)C)nc1. The molecule has 1 aromatic heterocycles. The van der Waals surface area contributed by atoms with E-state index in [0.717, 1.165) is 11.4 Å². The van der Waals surface area contributed by atoms with E-state index < -0.39 is 0 Å². The molecule has 0 bridgehead atoms. The van der Waals surface area contributed by atoms with Crippen molar-refractivity contribution < 1.29 is 9.68 Å². The molecule has 6 nitrogen and oxygen atoms in total. The highest BCUT2D eigenvalue weighted by Crippen LogP contribution is 2.06. The normalized spacial score (nSPS) is 10.3. The maximum Gasteiger partial charge on any atom is 0.130 e. The molecular formula is C20H40N4O2. The number of aromatic nitrogens is 2. The summed E-state index contributed by atoms with van der Waals surface area (Å²) in [6.45, 7) is 16.9. The molecule has 0 aliphatic carbocycles. The average molecular weight is 369 g/mol. The highest BCUT2D eigenvalue weighted by atomic mass is 16.6. The van der Waals surface area contributed by atoms with E-state index in [1.54, 1.807) is 19.5 Å². The van der Waals surface area contributed by atoms with Crippen LogP contribution in [0.25, 0.3) is 0 Å². The van der Waals surface area contributed by atoms with E-state index in [4.69, 9.17) is 4.84 Å². The van der Waals surface area contributed by atoms with Gasteiger partial charge in [-0.05, 0) is 31.2 Å². The molecule has 0 radical (unpaired) electrons. The van der Waals surface area contributed by atoms with E-state index in [1.165, 1.54) is 0 Å². The summed E-state index contributed by atoms with van der Waals surface area (Å²) in [4.78, 5) is 17.5. The van der Waals surface area contributed by atoms with Gasteiger partial charge in [0.25, 0.3) is 0 Å². The van der Waals surface area contributed by atoms with Crippen molar-refractivity contribution in [3.63, 3.8) is 0 Å². The number of aryl methyl sites for hydroxylation is 1. The number of hydrogen-bond donors (Lipinski definition) is 0. The van der Waals surface area contributed by atoms with Crippen molar-refractivity contribution in [1.29, 1.82) is 0 Å². The zero-order valence-corrected chi connectivity index (χ0v) is 17.4. The molecule has 0 saturated carbocycles. The second-order valence-corrected chi connectivity index (χ2v) is 6.37. The number of oxime groups is 2. The molecule has 1 heterocycles. The van der Waals surface area contributed by atoms with Gasteiger partial charge in [0.2, 0.25) is 0 Å². The molecule has 0 spiro atoms. The monoisotopic (exact) mass is 368 g/mol. The molecule has 0 unspecified atom stereocenters. The predicted octanol–water partition coefficient (Wildman–Crippen LogP) is 5.48. The van der Waals surface area contributed by atoms with Crippen LogP contribution in [0.5, 0.6) is 0 Å². The molecule has 0 amide bonds. The fourth-order valence-electron chi connectivity index (χ4n) is 1.12. The molecule has 0 aliphatic heterocycles. The Morgan fingerprint density at radius 3 is 1.73 bits per heavy atom. The third-order valence-corrected chi connectivity index (χ3v) is 2.34. The molecule has 0 N–H and O–H groups in total. The molecule has 0 atom stereocenters. The van der Waals surface area contributed by atoms with Gasteiger partial charge in [-0.3, -0.25) is 0 Å². The number of nitrogens with zero attached hydrogens (tertiary/aromatic N) is 4. The second kappa shape index (κ2) is 19.3. The highest BCUT2D eigenvalue weighted by Gasteiger charge is 1.99. The number of hydrogen-bond acceptors (Lipinski definition) is 6. The lowest BCUT2D eigenvalue weighted by Gasteiger charge is -2.00. The van der Waals surface area contributed by atoms with Crippen molar-refractivity contribution in [2.45, 2.75) is 68.7 Å². The Morgan fingerprint density at radius 1 is 0.962 bits per heavy atom. The van der Waals surface area contributed by atoms with Gasteiger partial charge in [-0.25, -0.2) is 9.97 Å². The second-order valence-electron chi connectivity index (χ2n) is 6.37. The van der Waals surface area contributed by atoms with Crippen molar-refractivity contribution in [2.75, 3.05) is 13.7 Å². The van der Waals surface area contributed by atoms with E-state index in [-0.39, 0.29) is 7.43 Å². The Morgan fingerprint density at radius 2 is 1.42 bits per heavy atom. The first-order valence-corrected chi connectivity index (χ1v) is 8.75. The molecule has 6 heteroatoms. The van der Waals surface area contributed by atoms with E-state index in [1.807, 2.05) is 40.1 Å². The van der Waals surface area contributed by atoms with Gasteiger partial charge in [0, 0.05) is 30.7 Å². The molecule has 1 aromatic rings. The molecule has 1 rings (SSSR count). The summed E-state index contributed by atoms with van der Waals surface area (Å²) in [5.74, 6) is 2.33. The van der Waals surface area contributed by atoms with Crippen LogP contribution in [0.2, 0.25) is 0 Å². The van der Waals surface area contributed by atoms with Crippen LogP contribution in [-0.4, -0.2) is 36.1 Å². The van der Waals surface area contributed by atoms with Crippen LogP contribution in [0, 0.1) is 18.8 Å². The minimum absolute atomic E-state index is 0. The third-order valence-electron chi connectivity index (χ3n) is 2.34. The third kappa shape index (κ3) is 22.0. The van der Waals surface area contributed by atoms with Crippen LogP contribution in [-0.2, 0) is 9.68 Å². The van der Waals surface area contributed by atoms with Crippen molar-refractivity contribution in [1.82, 2.24) is 9.97 Å². The van der Waals surface area contributed by atoms with Crippen molar-refractivity contribution in [3.05, 3.63) is 23.8 Å². The van der Waals surface area contributed by atoms with Crippen LogP contribution in [0.15, 0.2) is 22.7 Å². The van der Waals surface area contributed by atoms with E-state index in [9.17, 15) is 0 Å². The topological polar surface area (TPSA) is 69.0 Å². The van der Waals surface area contributed by atoms with Crippen LogP contribution in [0.3, 0.4) is 0 Å². The molecular weight excluding hydrogens is 328 g/mol. The van der Waals surface area contributed by atoms with Gasteiger partial charge in [-0.1, -0.05) is 59.3 Å². The fourth-order valence-corrected chi connectivity index (χ4v) is 1.12. The summed E-state index contributed by atoms with van der Waals surface area (Å²) < 4.78 is 0. The first-order valence-electron chi connectivity index (χ1n) is 8.75. The van der Waals surface area contributed by atoms with Crippen LogP contribution < -0.4 is 0 Å². The summed E-state index contributed by atoms with van der Waals surface area (Å²) in [5.41, 5.74) is 1.12. The number of rotatable bonds is 6. The largest absolute Gasteiger partial charge is 0.399 e. The lowest BCUT2D eigenvalue weighted by atomic mass is 10.2. The molecule has 0 aliphatic rings. The zero-order valence-electron chi connectivity index (χ0n) is 17.4. The first-order chi connectivity index (χ1) is 11.7. The zero-order chi connectivity index (χ0) is 19.7. The Labute approximate surface area is 161 Å². The summed E-state index contributed by atoms with van der Waals surface area (Å²) >= 11 is 0. The van der Waals surface area contributed by atoms with Crippen molar-refractivity contribution >= 4 is 12.4 Å². The van der Waals surface area contributed by atoms with Crippen LogP contribution in [0.1, 0.15) is 73.2 Å². The van der Waals surface area contributed by atoms with Gasteiger partial charge < -0.3 is 9.68 Å². The van der Waals surface area contributed by atoms with Gasteiger partial charge in [0.15, 0.2) is 0 Å². The van der Waals surface area contributed by atoms with Gasteiger partial charge in [0.05, 0.1) is 0 Å². The minimum Gasteiger partial charge on any atom is -0.399 e. The van der Waals surface area contributed by atoms with E-state index in [2.05, 4.69) is 52.8 Å². The lowest BCUT2D eigenvalue weighted by Crippen LogP contribution is -1.95. The Bertz CT molecular complexity index is 455. The Kier molecular flexibility index (Phi) is 21.4. The van der Waals surface area contributed by atoms with Gasteiger partial charge in [-0.2, -0.15) is 0 Å². The average Bonchev–Trinajstić information content (AvgIpc) is 2.54. The molecule has 0 fully saturated rings. The maximum atomic E-state index is 4.71. The van der Waals surface area contributed by atoms with E-state index in [0.29, 0.717) is 24.4 Å².